The summed E-state index contributed by atoms with van der Waals surface area (Å²) < 4.78 is 1.99. The Kier molecular flexibility index (Phi) is 4.67. The molecule has 6 heteroatoms. The number of anilines is 2. The van der Waals surface area contributed by atoms with E-state index in [1.54, 1.807) is 12.4 Å². The average molecular weight is 393 g/mol. The Labute approximate surface area is 173 Å². The van der Waals surface area contributed by atoms with Crippen LogP contribution in [-0.2, 0) is 0 Å². The van der Waals surface area contributed by atoms with E-state index in [0.29, 0.717) is 5.95 Å². The largest absolute Gasteiger partial charge is 0.384 e. The Balaban J connectivity index is 1.37. The molecule has 0 spiro atoms. The highest BCUT2D eigenvalue weighted by molar-refractivity contribution is 5.62. The summed E-state index contributed by atoms with van der Waals surface area (Å²) in [6, 6.07) is 24.9. The van der Waals surface area contributed by atoms with Gasteiger partial charge in [0.15, 0.2) is 0 Å². The second kappa shape index (κ2) is 7.77. The molecule has 6 nitrogen and oxygen atoms in total. The molecule has 1 unspecified atom stereocenters. The Hall–Kier alpha value is -4.03. The fourth-order valence-corrected chi connectivity index (χ4v) is 3.39. The number of hydrogen-bond donors (Lipinski definition) is 2. The first-order valence-electron chi connectivity index (χ1n) is 9.63. The molecule has 2 N–H and O–H groups in total. The number of aliphatic hydroxyl groups is 1. The molecule has 1 atom stereocenters. The SMILES string of the molecule is OC(c1ccccc1)c1ccc(Nc2nccc(-c3cnc4ccccn34)n2)cc1. The Morgan fingerprint density at radius 1 is 0.800 bits per heavy atom. The monoisotopic (exact) mass is 393 g/mol. The topological polar surface area (TPSA) is 75.3 Å². The minimum Gasteiger partial charge on any atom is -0.384 e. The van der Waals surface area contributed by atoms with Crippen LogP contribution in [0.4, 0.5) is 11.6 Å². The minimum atomic E-state index is -0.657. The maximum absolute atomic E-state index is 10.5. The average Bonchev–Trinajstić information content (AvgIpc) is 3.24. The van der Waals surface area contributed by atoms with Gasteiger partial charge in [0, 0.05) is 18.1 Å². The van der Waals surface area contributed by atoms with E-state index in [9.17, 15) is 5.11 Å². The zero-order chi connectivity index (χ0) is 20.3. The molecule has 0 saturated heterocycles. The van der Waals surface area contributed by atoms with Gasteiger partial charge in [0.2, 0.25) is 5.95 Å². The molecule has 30 heavy (non-hydrogen) atoms. The van der Waals surface area contributed by atoms with Crippen molar-refractivity contribution < 1.29 is 5.11 Å². The van der Waals surface area contributed by atoms with Crippen molar-refractivity contribution in [3.05, 3.63) is 109 Å². The maximum Gasteiger partial charge on any atom is 0.227 e. The van der Waals surface area contributed by atoms with E-state index < -0.39 is 6.10 Å². The third kappa shape index (κ3) is 3.52. The minimum absolute atomic E-state index is 0.495. The normalized spacial score (nSPS) is 12.0. The summed E-state index contributed by atoms with van der Waals surface area (Å²) in [5, 5.41) is 13.8. The lowest BCUT2D eigenvalue weighted by molar-refractivity contribution is 0.220. The van der Waals surface area contributed by atoms with Gasteiger partial charge in [-0.05, 0) is 41.5 Å². The van der Waals surface area contributed by atoms with E-state index in [4.69, 9.17) is 0 Å². The predicted molar refractivity (Wildman–Crippen MR) is 116 cm³/mol. The summed E-state index contributed by atoms with van der Waals surface area (Å²) in [4.78, 5) is 13.4. The van der Waals surface area contributed by atoms with Crippen molar-refractivity contribution in [1.29, 1.82) is 0 Å². The smallest absolute Gasteiger partial charge is 0.227 e. The number of fused-ring (bicyclic) bond motifs is 1. The van der Waals surface area contributed by atoms with E-state index in [0.717, 1.165) is 33.8 Å². The van der Waals surface area contributed by atoms with Crippen LogP contribution in [0.3, 0.4) is 0 Å². The fourth-order valence-electron chi connectivity index (χ4n) is 3.39. The first-order chi connectivity index (χ1) is 14.8. The van der Waals surface area contributed by atoms with Crippen LogP contribution in [0.2, 0.25) is 0 Å². The van der Waals surface area contributed by atoms with Crippen LogP contribution in [0.25, 0.3) is 17.0 Å². The molecule has 0 fully saturated rings. The highest BCUT2D eigenvalue weighted by Crippen LogP contribution is 2.25. The lowest BCUT2D eigenvalue weighted by Crippen LogP contribution is -2.01. The predicted octanol–water partition coefficient (Wildman–Crippen LogP) is 4.62. The molecule has 146 valence electrons. The molecule has 2 aromatic carbocycles. The molecule has 0 bridgehead atoms. The number of rotatable bonds is 5. The summed E-state index contributed by atoms with van der Waals surface area (Å²) in [7, 11) is 0. The number of nitrogens with one attached hydrogen (secondary N) is 1. The van der Waals surface area contributed by atoms with Crippen molar-refractivity contribution in [2.45, 2.75) is 6.10 Å². The quantitative estimate of drug-likeness (QED) is 0.456. The molecule has 0 aliphatic carbocycles. The first-order valence-corrected chi connectivity index (χ1v) is 9.63. The van der Waals surface area contributed by atoms with Crippen LogP contribution in [0.5, 0.6) is 0 Å². The van der Waals surface area contributed by atoms with Crippen molar-refractivity contribution in [2.75, 3.05) is 5.32 Å². The number of aromatic nitrogens is 4. The first kappa shape index (κ1) is 18.0. The van der Waals surface area contributed by atoms with Gasteiger partial charge in [-0.3, -0.25) is 4.40 Å². The Bertz CT molecular complexity index is 1280. The molecule has 0 aliphatic rings. The van der Waals surface area contributed by atoms with Gasteiger partial charge in [0.05, 0.1) is 17.6 Å². The van der Waals surface area contributed by atoms with Crippen molar-refractivity contribution in [3.63, 3.8) is 0 Å². The molecule has 5 rings (SSSR count). The van der Waals surface area contributed by atoms with Crippen molar-refractivity contribution in [2.24, 2.45) is 0 Å². The van der Waals surface area contributed by atoms with Crippen molar-refractivity contribution >= 4 is 17.3 Å². The van der Waals surface area contributed by atoms with Gasteiger partial charge in [0.1, 0.15) is 11.8 Å². The van der Waals surface area contributed by atoms with E-state index in [-0.39, 0.29) is 0 Å². The Morgan fingerprint density at radius 3 is 2.40 bits per heavy atom. The summed E-state index contributed by atoms with van der Waals surface area (Å²) in [5.41, 5.74) is 5.08. The molecular formula is C24H19N5O. The van der Waals surface area contributed by atoms with E-state index >= 15 is 0 Å². The molecule has 5 aromatic rings. The Morgan fingerprint density at radius 2 is 1.57 bits per heavy atom. The molecule has 3 aromatic heterocycles. The molecule has 3 heterocycles. The third-order valence-electron chi connectivity index (χ3n) is 4.93. The van der Waals surface area contributed by atoms with Crippen molar-refractivity contribution in [1.82, 2.24) is 19.4 Å². The van der Waals surface area contributed by atoms with Crippen LogP contribution in [-0.4, -0.2) is 24.5 Å². The van der Waals surface area contributed by atoms with Gasteiger partial charge in [-0.25, -0.2) is 15.0 Å². The molecular weight excluding hydrogens is 374 g/mol. The number of imidazole rings is 1. The van der Waals surface area contributed by atoms with Gasteiger partial charge in [-0.1, -0.05) is 48.5 Å². The number of hydrogen-bond acceptors (Lipinski definition) is 5. The highest BCUT2D eigenvalue weighted by atomic mass is 16.3. The lowest BCUT2D eigenvalue weighted by Gasteiger charge is -2.12. The lowest BCUT2D eigenvalue weighted by atomic mass is 10.0. The van der Waals surface area contributed by atoms with E-state index in [2.05, 4.69) is 20.3 Å². The van der Waals surface area contributed by atoms with Crippen LogP contribution in [0.1, 0.15) is 17.2 Å². The highest BCUT2D eigenvalue weighted by Gasteiger charge is 2.11. The molecule has 0 aliphatic heterocycles. The van der Waals surface area contributed by atoms with E-state index in [1.807, 2.05) is 89.5 Å². The van der Waals surface area contributed by atoms with E-state index in [1.165, 1.54) is 0 Å². The van der Waals surface area contributed by atoms with Gasteiger partial charge >= 0.3 is 0 Å². The third-order valence-corrected chi connectivity index (χ3v) is 4.93. The van der Waals surface area contributed by atoms with Crippen LogP contribution >= 0.6 is 0 Å². The zero-order valence-corrected chi connectivity index (χ0v) is 16.1. The van der Waals surface area contributed by atoms with Gasteiger partial charge in [0.25, 0.3) is 0 Å². The number of pyridine rings is 1. The zero-order valence-electron chi connectivity index (χ0n) is 16.1. The molecule has 0 amide bonds. The summed E-state index contributed by atoms with van der Waals surface area (Å²) in [6.45, 7) is 0. The molecule has 0 radical (unpaired) electrons. The van der Waals surface area contributed by atoms with Crippen molar-refractivity contribution in [3.8, 4) is 11.4 Å². The van der Waals surface area contributed by atoms with Crippen LogP contribution in [0.15, 0.2) is 97.5 Å². The van der Waals surface area contributed by atoms with Gasteiger partial charge in [-0.2, -0.15) is 0 Å². The number of benzene rings is 2. The fraction of sp³-hybridized carbons (Fsp3) is 0.0417. The standard InChI is InChI=1S/C24H19N5O/c30-23(17-6-2-1-3-7-17)18-9-11-19(12-10-18)27-24-25-14-13-20(28-24)21-16-26-22-8-4-5-15-29(21)22/h1-16,23,30H,(H,25,27,28). The van der Waals surface area contributed by atoms with Crippen LogP contribution < -0.4 is 5.32 Å². The molecule has 0 saturated carbocycles. The summed E-state index contributed by atoms with van der Waals surface area (Å²) >= 11 is 0. The van der Waals surface area contributed by atoms with Crippen LogP contribution in [0, 0.1) is 0 Å². The summed E-state index contributed by atoms with van der Waals surface area (Å²) in [6.07, 6.45) is 4.83. The maximum atomic E-state index is 10.5. The van der Waals surface area contributed by atoms with Gasteiger partial charge in [-0.15, -0.1) is 0 Å². The van der Waals surface area contributed by atoms with Gasteiger partial charge < -0.3 is 10.4 Å². The number of nitrogens with zero attached hydrogens (tertiary/aromatic N) is 4. The second-order valence-corrected chi connectivity index (χ2v) is 6.90. The summed E-state index contributed by atoms with van der Waals surface area (Å²) in [5.74, 6) is 0.495. The number of aliphatic hydroxyl groups excluding tert-OH is 1. The second-order valence-electron chi connectivity index (χ2n) is 6.90.